The minimum Gasteiger partial charge on any atom is -0.327 e. The average Bonchev–Trinajstić information content (AvgIpc) is 3.31. The number of nitrogens with zero attached hydrogens (tertiary/aromatic N) is 3. The molecule has 7 heteroatoms. The minimum absolute atomic E-state index is 0.0698. The second-order valence-electron chi connectivity index (χ2n) is 8.00. The number of amides is 1. The lowest BCUT2D eigenvalue weighted by atomic mass is 10.1. The van der Waals surface area contributed by atoms with Crippen molar-refractivity contribution in [2.45, 2.75) is 22.8 Å². The molecular formula is C27H20N4OS2. The molecule has 1 aliphatic rings. The van der Waals surface area contributed by atoms with E-state index in [1.54, 1.807) is 29.3 Å². The lowest BCUT2D eigenvalue weighted by Crippen LogP contribution is -2.40. The molecule has 1 amide bonds. The molecule has 166 valence electrons. The Morgan fingerprint density at radius 1 is 0.912 bits per heavy atom. The topological polar surface area (TPSA) is 58.1 Å². The molecule has 1 unspecified atom stereocenters. The van der Waals surface area contributed by atoms with Crippen molar-refractivity contribution < 1.29 is 4.79 Å². The summed E-state index contributed by atoms with van der Waals surface area (Å²) in [6, 6.07) is 27.7. The van der Waals surface area contributed by atoms with Crippen molar-refractivity contribution in [2.24, 2.45) is 0 Å². The summed E-state index contributed by atoms with van der Waals surface area (Å²) in [5, 5.41) is 4.00. The molecule has 0 bridgehead atoms. The third-order valence-corrected chi connectivity index (χ3v) is 7.94. The molecule has 3 aromatic carbocycles. The zero-order valence-electron chi connectivity index (χ0n) is 18.3. The largest absolute Gasteiger partial charge is 0.327 e. The Morgan fingerprint density at radius 2 is 1.65 bits per heavy atom. The van der Waals surface area contributed by atoms with Crippen LogP contribution in [0.5, 0.6) is 0 Å². The van der Waals surface area contributed by atoms with Crippen LogP contribution in [0.25, 0.3) is 20.9 Å². The summed E-state index contributed by atoms with van der Waals surface area (Å²) in [4.78, 5) is 27.8. The number of anilines is 3. The van der Waals surface area contributed by atoms with Crippen LogP contribution in [0.15, 0.2) is 101 Å². The van der Waals surface area contributed by atoms with Crippen molar-refractivity contribution in [3.8, 4) is 10.6 Å². The molecule has 5 aromatic rings. The third-order valence-electron chi connectivity index (χ3n) is 5.78. The minimum atomic E-state index is -0.404. The number of carbonyl (C=O) groups excluding carboxylic acids is 1. The van der Waals surface area contributed by atoms with Crippen molar-refractivity contribution in [1.82, 2.24) is 9.97 Å². The number of thiazole rings is 1. The molecule has 1 aliphatic heterocycles. The van der Waals surface area contributed by atoms with Gasteiger partial charge in [0.1, 0.15) is 21.4 Å². The van der Waals surface area contributed by atoms with Gasteiger partial charge in [0.2, 0.25) is 5.91 Å². The first-order valence-corrected chi connectivity index (χ1v) is 12.6. The van der Waals surface area contributed by atoms with E-state index in [0.717, 1.165) is 47.8 Å². The zero-order valence-corrected chi connectivity index (χ0v) is 19.9. The number of nitrogens with one attached hydrogen (secondary N) is 1. The fourth-order valence-corrected chi connectivity index (χ4v) is 6.11. The van der Waals surface area contributed by atoms with E-state index in [4.69, 9.17) is 4.98 Å². The van der Waals surface area contributed by atoms with Gasteiger partial charge in [-0.2, -0.15) is 0 Å². The van der Waals surface area contributed by atoms with Gasteiger partial charge in [-0.1, -0.05) is 59.5 Å². The van der Waals surface area contributed by atoms with Gasteiger partial charge in [-0.25, -0.2) is 9.97 Å². The van der Waals surface area contributed by atoms with Crippen molar-refractivity contribution in [3.05, 3.63) is 91.1 Å². The average molecular weight is 481 g/mol. The molecule has 1 N–H and O–H groups in total. The second kappa shape index (κ2) is 8.59. The van der Waals surface area contributed by atoms with E-state index in [2.05, 4.69) is 39.5 Å². The van der Waals surface area contributed by atoms with E-state index in [1.165, 1.54) is 0 Å². The predicted molar refractivity (Wildman–Crippen MR) is 140 cm³/mol. The van der Waals surface area contributed by atoms with Gasteiger partial charge in [-0.05, 0) is 55.5 Å². The highest BCUT2D eigenvalue weighted by Gasteiger charge is 2.30. The standard InChI is InChI=1S/C27H20N4OS2/c1-17(31-21-11-2-4-13-23(21)33-24-14-5-3-12-22(24)31)25(32)29-19-9-6-8-18(16-19)26-30-20-10-7-15-28-27(20)34-26/h2-17H,1H3,(H,29,32). The lowest BCUT2D eigenvalue weighted by Gasteiger charge is -2.36. The van der Waals surface area contributed by atoms with Crippen LogP contribution in [0.1, 0.15) is 6.92 Å². The SMILES string of the molecule is CC(C(=O)Nc1cccc(-c2nc3cccnc3s2)c1)N1c2ccccc2Sc2ccccc21. The van der Waals surface area contributed by atoms with Crippen LogP contribution >= 0.6 is 23.1 Å². The molecule has 1 atom stereocenters. The monoisotopic (exact) mass is 480 g/mol. The van der Waals surface area contributed by atoms with E-state index in [9.17, 15) is 4.79 Å². The van der Waals surface area contributed by atoms with E-state index in [0.29, 0.717) is 0 Å². The fourth-order valence-electron chi connectivity index (χ4n) is 4.14. The Kier molecular flexibility index (Phi) is 5.28. The molecule has 0 saturated carbocycles. The lowest BCUT2D eigenvalue weighted by molar-refractivity contribution is -0.117. The van der Waals surface area contributed by atoms with Gasteiger partial charge < -0.3 is 10.2 Å². The van der Waals surface area contributed by atoms with Crippen molar-refractivity contribution in [3.63, 3.8) is 0 Å². The molecule has 5 nitrogen and oxygen atoms in total. The van der Waals surface area contributed by atoms with Crippen LogP contribution in [-0.2, 0) is 4.79 Å². The molecule has 0 fully saturated rings. The Morgan fingerprint density at radius 3 is 2.38 bits per heavy atom. The first-order valence-electron chi connectivity index (χ1n) is 11.0. The molecule has 3 heterocycles. The van der Waals surface area contributed by atoms with Gasteiger partial charge in [0.25, 0.3) is 0 Å². The Hall–Kier alpha value is -3.68. The highest BCUT2D eigenvalue weighted by molar-refractivity contribution is 7.99. The second-order valence-corrected chi connectivity index (χ2v) is 10.1. The molecular weight excluding hydrogens is 460 g/mol. The normalized spacial score (nSPS) is 13.3. The van der Waals surface area contributed by atoms with Crippen molar-refractivity contribution >= 4 is 56.4 Å². The number of pyridine rings is 1. The Bertz CT molecular complexity index is 1450. The summed E-state index contributed by atoms with van der Waals surface area (Å²) in [6.45, 7) is 1.95. The van der Waals surface area contributed by atoms with Crippen LogP contribution in [0.3, 0.4) is 0 Å². The maximum atomic E-state index is 13.4. The smallest absolute Gasteiger partial charge is 0.247 e. The van der Waals surface area contributed by atoms with Gasteiger partial charge in [0.05, 0.1) is 11.4 Å². The number of rotatable bonds is 4. The van der Waals surface area contributed by atoms with Gasteiger partial charge in [0.15, 0.2) is 0 Å². The molecule has 6 rings (SSSR count). The number of aromatic nitrogens is 2. The first-order chi connectivity index (χ1) is 16.7. The third kappa shape index (κ3) is 3.73. The summed E-state index contributed by atoms with van der Waals surface area (Å²) < 4.78 is 0. The maximum Gasteiger partial charge on any atom is 0.247 e. The molecule has 0 spiro atoms. The Balaban J connectivity index is 1.29. The van der Waals surface area contributed by atoms with Crippen molar-refractivity contribution in [2.75, 3.05) is 10.2 Å². The van der Waals surface area contributed by atoms with E-state index in [-0.39, 0.29) is 5.91 Å². The number of benzene rings is 3. The van der Waals surface area contributed by atoms with E-state index < -0.39 is 6.04 Å². The molecule has 0 radical (unpaired) electrons. The van der Waals surface area contributed by atoms with Crippen LogP contribution in [0, 0.1) is 0 Å². The fraction of sp³-hybridized carbons (Fsp3) is 0.0741. The van der Waals surface area contributed by atoms with Crippen LogP contribution in [0.2, 0.25) is 0 Å². The van der Waals surface area contributed by atoms with E-state index >= 15 is 0 Å². The van der Waals surface area contributed by atoms with Crippen LogP contribution in [-0.4, -0.2) is 21.9 Å². The number of hydrogen-bond donors (Lipinski definition) is 1. The van der Waals surface area contributed by atoms with Gasteiger partial charge in [0, 0.05) is 27.2 Å². The summed E-state index contributed by atoms with van der Waals surface area (Å²) in [5.74, 6) is -0.0698. The highest BCUT2D eigenvalue weighted by atomic mass is 32.2. The number of hydrogen-bond acceptors (Lipinski definition) is 6. The molecule has 0 saturated heterocycles. The summed E-state index contributed by atoms with van der Waals surface area (Å²) in [5.41, 5.74) is 4.67. The summed E-state index contributed by atoms with van der Waals surface area (Å²) in [6.07, 6.45) is 1.78. The number of fused-ring (bicyclic) bond motifs is 3. The summed E-state index contributed by atoms with van der Waals surface area (Å²) in [7, 11) is 0. The maximum absolute atomic E-state index is 13.4. The molecule has 0 aliphatic carbocycles. The number of carbonyl (C=O) groups is 1. The van der Waals surface area contributed by atoms with Crippen LogP contribution < -0.4 is 10.2 Å². The van der Waals surface area contributed by atoms with Gasteiger partial charge in [-0.15, -0.1) is 0 Å². The van der Waals surface area contributed by atoms with E-state index in [1.807, 2.05) is 67.6 Å². The van der Waals surface area contributed by atoms with Gasteiger partial charge in [-0.3, -0.25) is 4.79 Å². The first kappa shape index (κ1) is 20.9. The number of para-hydroxylation sites is 2. The molecule has 34 heavy (non-hydrogen) atoms. The van der Waals surface area contributed by atoms with Crippen molar-refractivity contribution in [1.29, 1.82) is 0 Å². The zero-order chi connectivity index (χ0) is 23.1. The quantitative estimate of drug-likeness (QED) is 0.300. The summed E-state index contributed by atoms with van der Waals surface area (Å²) >= 11 is 3.28. The van der Waals surface area contributed by atoms with Crippen LogP contribution in [0.4, 0.5) is 17.1 Å². The van der Waals surface area contributed by atoms with Gasteiger partial charge >= 0.3 is 0 Å². The Labute approximate surface area is 205 Å². The predicted octanol–water partition coefficient (Wildman–Crippen LogP) is 6.99. The molecule has 2 aromatic heterocycles. The highest BCUT2D eigenvalue weighted by Crippen LogP contribution is 2.48.